The summed E-state index contributed by atoms with van der Waals surface area (Å²) >= 11 is 0. The van der Waals surface area contributed by atoms with Crippen LogP contribution in [-0.4, -0.2) is 79.6 Å². The maximum absolute atomic E-state index is 13.9. The van der Waals surface area contributed by atoms with Crippen LogP contribution >= 0.6 is 24.8 Å². The summed E-state index contributed by atoms with van der Waals surface area (Å²) < 4.78 is 70.7. The zero-order chi connectivity index (χ0) is 37.8. The molecule has 0 saturated carbocycles. The van der Waals surface area contributed by atoms with Gasteiger partial charge >= 0.3 is 0 Å². The fourth-order valence-electron chi connectivity index (χ4n) is 6.26. The van der Waals surface area contributed by atoms with Gasteiger partial charge in [-0.05, 0) is 98.8 Å². The summed E-state index contributed by atoms with van der Waals surface area (Å²) in [5.41, 5.74) is 7.98. The number of rotatable bonds is 10. The highest BCUT2D eigenvalue weighted by atomic mass is 35.5. The van der Waals surface area contributed by atoms with Crippen molar-refractivity contribution in [1.82, 2.24) is 30.5 Å². The molecule has 296 valence electrons. The average Bonchev–Trinajstić information content (AvgIpc) is 3.96. The van der Waals surface area contributed by atoms with Gasteiger partial charge in [0.05, 0.1) is 15.8 Å². The third kappa shape index (κ3) is 11.0. The van der Waals surface area contributed by atoms with Crippen LogP contribution in [0.15, 0.2) is 91.6 Å². The van der Waals surface area contributed by atoms with Crippen molar-refractivity contribution >= 4 is 50.4 Å². The molecule has 3 aromatic carbocycles. The Morgan fingerprint density at radius 1 is 0.836 bits per heavy atom. The summed E-state index contributed by atoms with van der Waals surface area (Å²) in [5.74, 6) is 1.24. The number of nitrogens with one attached hydrogen (secondary N) is 1. The highest BCUT2D eigenvalue weighted by molar-refractivity contribution is 7.91. The number of halogens is 3. The van der Waals surface area contributed by atoms with Crippen molar-refractivity contribution in [3.63, 3.8) is 0 Å². The lowest BCUT2D eigenvalue weighted by Crippen LogP contribution is -2.36. The summed E-state index contributed by atoms with van der Waals surface area (Å²) in [6, 6.07) is 18.4. The highest BCUT2D eigenvalue weighted by Crippen LogP contribution is 2.33. The molecule has 2 aliphatic rings. The van der Waals surface area contributed by atoms with Crippen LogP contribution < -0.4 is 11.1 Å². The fourth-order valence-corrected chi connectivity index (χ4v) is 7.52. The molecule has 19 heteroatoms. The smallest absolute Gasteiger partial charge is 0.249 e. The van der Waals surface area contributed by atoms with E-state index in [9.17, 15) is 26.0 Å². The van der Waals surface area contributed by atoms with E-state index in [1.54, 1.807) is 59.5 Å². The van der Waals surface area contributed by atoms with Crippen molar-refractivity contribution in [3.8, 4) is 22.8 Å². The molecule has 3 N–H and O–H groups in total. The number of nitrogens with zero attached hydrogens (tertiary/aromatic N) is 5. The summed E-state index contributed by atoms with van der Waals surface area (Å²) in [6.07, 6.45) is 6.25. The zero-order valence-electron chi connectivity index (χ0n) is 30.0. The summed E-state index contributed by atoms with van der Waals surface area (Å²) in [7, 11) is -6.48. The van der Waals surface area contributed by atoms with Gasteiger partial charge in [0.25, 0.3) is 0 Å². The van der Waals surface area contributed by atoms with Crippen LogP contribution in [0.25, 0.3) is 22.8 Å². The van der Waals surface area contributed by atoms with Gasteiger partial charge in [-0.3, -0.25) is 4.79 Å². The molecule has 0 radical (unpaired) electrons. The van der Waals surface area contributed by atoms with E-state index < -0.39 is 25.7 Å². The van der Waals surface area contributed by atoms with E-state index in [-0.39, 0.29) is 71.3 Å². The van der Waals surface area contributed by atoms with E-state index in [1.807, 2.05) is 0 Å². The van der Waals surface area contributed by atoms with Crippen LogP contribution in [-0.2, 0) is 30.9 Å². The Morgan fingerprint density at radius 2 is 1.38 bits per heavy atom. The molecule has 3 atom stereocenters. The third-order valence-electron chi connectivity index (χ3n) is 9.06. The molecule has 4 heterocycles. The minimum absolute atomic E-state index is 0. The summed E-state index contributed by atoms with van der Waals surface area (Å²) in [5, 5.41) is 11.2. The lowest BCUT2D eigenvalue weighted by Gasteiger charge is -2.23. The Balaban J connectivity index is 0.000000263. The van der Waals surface area contributed by atoms with Gasteiger partial charge in [0.1, 0.15) is 11.9 Å². The van der Waals surface area contributed by atoms with Gasteiger partial charge in [0, 0.05) is 42.6 Å². The second kappa shape index (κ2) is 18.6. The number of carbonyl (C=O) groups is 1. The molecule has 0 spiro atoms. The van der Waals surface area contributed by atoms with Crippen LogP contribution in [0.5, 0.6) is 0 Å². The molecule has 2 saturated heterocycles. The lowest BCUT2D eigenvalue weighted by molar-refractivity contribution is -0.132. The third-order valence-corrected chi connectivity index (χ3v) is 11.3. The van der Waals surface area contributed by atoms with Crippen molar-refractivity contribution in [1.29, 1.82) is 0 Å². The number of carbonyl (C=O) groups excluding carboxylic acids is 1. The average molecular weight is 839 g/mol. The number of likely N-dealkylation sites (tertiary alicyclic amines) is 1. The largest absolute Gasteiger partial charge is 0.337 e. The van der Waals surface area contributed by atoms with Crippen molar-refractivity contribution in [2.75, 3.05) is 25.6 Å². The normalized spacial score (nSPS) is 17.4. The Bertz CT molecular complexity index is 2270. The quantitative estimate of drug-likeness (QED) is 0.183. The van der Waals surface area contributed by atoms with E-state index in [2.05, 4.69) is 25.6 Å². The first-order chi connectivity index (χ1) is 25.3. The second-order valence-electron chi connectivity index (χ2n) is 13.2. The molecule has 0 bridgehead atoms. The molecule has 1 amide bonds. The van der Waals surface area contributed by atoms with Gasteiger partial charge in [0.2, 0.25) is 29.3 Å². The van der Waals surface area contributed by atoms with Crippen LogP contribution in [0.3, 0.4) is 0 Å². The van der Waals surface area contributed by atoms with Crippen molar-refractivity contribution in [2.45, 2.75) is 66.4 Å². The zero-order valence-corrected chi connectivity index (χ0v) is 33.3. The topological polar surface area (TPSA) is 204 Å². The number of aromatic nitrogens is 4. The molecular formula is C36H42Cl2FN7O7S2. The number of benzene rings is 3. The van der Waals surface area contributed by atoms with Crippen molar-refractivity contribution in [2.24, 2.45) is 5.73 Å². The van der Waals surface area contributed by atoms with Gasteiger partial charge < -0.3 is 25.0 Å². The van der Waals surface area contributed by atoms with E-state index in [0.29, 0.717) is 47.5 Å². The second-order valence-corrected chi connectivity index (χ2v) is 17.2. The maximum atomic E-state index is 13.9. The lowest BCUT2D eigenvalue weighted by atomic mass is 10.0. The Kier molecular flexibility index (Phi) is 14.7. The van der Waals surface area contributed by atoms with Gasteiger partial charge in [-0.25, -0.2) is 21.2 Å². The van der Waals surface area contributed by atoms with E-state index in [4.69, 9.17) is 14.8 Å². The molecule has 0 aliphatic carbocycles. The monoisotopic (exact) mass is 837 g/mol. The molecule has 0 unspecified atom stereocenters. The number of sulfone groups is 2. The van der Waals surface area contributed by atoms with Crippen molar-refractivity contribution in [3.05, 3.63) is 96.0 Å². The summed E-state index contributed by atoms with van der Waals surface area (Å²) in [4.78, 5) is 23.9. The number of nitrogens with two attached hydrogens (primary N) is 1. The molecular weight excluding hydrogens is 796 g/mol. The number of hydrogen-bond acceptors (Lipinski definition) is 13. The van der Waals surface area contributed by atoms with Gasteiger partial charge in [-0.1, -0.05) is 28.5 Å². The first kappa shape index (κ1) is 43.5. The van der Waals surface area contributed by atoms with Crippen molar-refractivity contribution < 1.29 is 35.1 Å². The molecule has 7 rings (SSSR count). The molecule has 14 nitrogen and oxygen atoms in total. The molecule has 2 fully saturated rings. The fraction of sp³-hybridized carbons (Fsp3) is 0.361. The van der Waals surface area contributed by atoms with Gasteiger partial charge in [0.15, 0.2) is 19.7 Å². The predicted molar refractivity (Wildman–Crippen MR) is 207 cm³/mol. The summed E-state index contributed by atoms with van der Waals surface area (Å²) in [6.45, 7) is 1.52. The van der Waals surface area contributed by atoms with Gasteiger partial charge in [-0.15, -0.1) is 24.8 Å². The number of hydrogen-bond donors (Lipinski definition) is 2. The molecule has 5 aromatic rings. The van der Waals surface area contributed by atoms with Crippen LogP contribution in [0.1, 0.15) is 61.5 Å². The van der Waals surface area contributed by atoms with E-state index in [0.717, 1.165) is 37.6 Å². The first-order valence-electron chi connectivity index (χ1n) is 17.1. The SMILES string of the molecule is CS(=O)(=O)c1ccc(-c2noc([C@@H]3CCCN3)n2)cc1.CS(=O)(=O)c1ccc(-c2noc([C@@H]3CCCN3C(=O)C[C@H](N)Cc3ccccc3F)n2)cc1.Cl.Cl. The van der Waals surface area contributed by atoms with Gasteiger partial charge in [-0.2, -0.15) is 9.97 Å². The van der Waals surface area contributed by atoms with E-state index in [1.165, 1.54) is 24.5 Å². The van der Waals surface area contributed by atoms with Crippen LogP contribution in [0.2, 0.25) is 0 Å². The Morgan fingerprint density at radius 3 is 1.91 bits per heavy atom. The molecule has 2 aliphatic heterocycles. The Labute approximate surface area is 331 Å². The van der Waals surface area contributed by atoms with Crippen LogP contribution in [0.4, 0.5) is 4.39 Å². The predicted octanol–water partition coefficient (Wildman–Crippen LogP) is 5.31. The standard InChI is InChI=1S/C23H25FN4O4S.C13H15N3O3S.2ClH/c1-33(30,31)18-10-8-15(9-11-18)22-26-23(32-27-22)20-7-4-12-28(20)21(29)14-17(25)13-16-5-2-3-6-19(16)24;1-20(17,18)10-6-4-9(5-7-10)12-15-13(19-16-12)11-3-2-8-14-11;;/h2-3,5-6,8-11,17,20H,4,7,12-14,25H2,1H3;4-7,11,14H,2-3,8H2,1H3;2*1H/t17-,20+;11-;;/m10../s1. The van der Waals surface area contributed by atoms with Crippen LogP contribution in [0, 0.1) is 5.82 Å². The molecule has 55 heavy (non-hydrogen) atoms. The first-order valence-corrected chi connectivity index (χ1v) is 20.8. The number of amides is 1. The highest BCUT2D eigenvalue weighted by Gasteiger charge is 2.34. The minimum atomic E-state index is -3.30. The minimum Gasteiger partial charge on any atom is -0.337 e. The molecule has 2 aromatic heterocycles. The maximum Gasteiger partial charge on any atom is 0.249 e. The van der Waals surface area contributed by atoms with E-state index >= 15 is 0 Å². The Hall–Kier alpha value is -4.26.